The van der Waals surface area contributed by atoms with Gasteiger partial charge in [-0.1, -0.05) is 36.8 Å². The molecule has 148 valence electrons. The van der Waals surface area contributed by atoms with Gasteiger partial charge in [0.05, 0.1) is 18.7 Å². The summed E-state index contributed by atoms with van der Waals surface area (Å²) in [5, 5.41) is 12.0. The monoisotopic (exact) mass is 383 g/mol. The van der Waals surface area contributed by atoms with Crippen LogP contribution in [-0.4, -0.2) is 39.5 Å². The van der Waals surface area contributed by atoms with E-state index in [1.807, 2.05) is 38.2 Å². The quantitative estimate of drug-likeness (QED) is 0.672. The van der Waals surface area contributed by atoms with Crippen LogP contribution in [0, 0.1) is 0 Å². The maximum atomic E-state index is 12.1. The SMILES string of the molecule is CC/C=C/C(=C\C=C(/C)CN1C=CNCC1=O)Cn1cc(C(=O)O)ccc1=O. The van der Waals surface area contributed by atoms with Gasteiger partial charge in [-0.2, -0.15) is 0 Å². The number of aromatic nitrogens is 1. The highest BCUT2D eigenvalue weighted by molar-refractivity contribution is 5.87. The van der Waals surface area contributed by atoms with Crippen molar-refractivity contribution in [3.8, 4) is 0 Å². The highest BCUT2D eigenvalue weighted by Crippen LogP contribution is 2.08. The van der Waals surface area contributed by atoms with E-state index >= 15 is 0 Å². The van der Waals surface area contributed by atoms with Gasteiger partial charge in [0.15, 0.2) is 0 Å². The van der Waals surface area contributed by atoms with E-state index in [1.165, 1.54) is 22.9 Å². The lowest BCUT2D eigenvalue weighted by atomic mass is 10.1. The lowest BCUT2D eigenvalue weighted by Gasteiger charge is -2.22. The van der Waals surface area contributed by atoms with E-state index in [0.29, 0.717) is 6.54 Å². The molecule has 28 heavy (non-hydrogen) atoms. The van der Waals surface area contributed by atoms with E-state index in [1.54, 1.807) is 17.3 Å². The number of nitrogens with zero attached hydrogens (tertiary/aromatic N) is 2. The fourth-order valence-electron chi connectivity index (χ4n) is 2.59. The van der Waals surface area contributed by atoms with E-state index in [4.69, 9.17) is 5.11 Å². The zero-order valence-electron chi connectivity index (χ0n) is 16.1. The zero-order chi connectivity index (χ0) is 20.5. The minimum Gasteiger partial charge on any atom is -0.478 e. The van der Waals surface area contributed by atoms with Crippen LogP contribution < -0.4 is 10.9 Å². The van der Waals surface area contributed by atoms with Gasteiger partial charge in [-0.3, -0.25) is 9.59 Å². The van der Waals surface area contributed by atoms with Gasteiger partial charge < -0.3 is 19.9 Å². The number of pyridine rings is 1. The van der Waals surface area contributed by atoms with E-state index < -0.39 is 5.97 Å². The summed E-state index contributed by atoms with van der Waals surface area (Å²) in [4.78, 5) is 36.7. The molecule has 7 heteroatoms. The first-order valence-corrected chi connectivity index (χ1v) is 9.07. The van der Waals surface area contributed by atoms with E-state index in [0.717, 1.165) is 17.6 Å². The van der Waals surface area contributed by atoms with Crippen molar-refractivity contribution in [2.75, 3.05) is 13.1 Å². The number of allylic oxidation sites excluding steroid dienone is 5. The molecule has 0 unspecified atom stereocenters. The molecule has 1 amide bonds. The maximum Gasteiger partial charge on any atom is 0.337 e. The standard InChI is InChI=1S/C21H25N3O4/c1-3-4-5-17(14-24-15-18(21(27)28)8-9-19(24)25)7-6-16(2)13-23-11-10-22-12-20(23)26/h4-11,15,22H,3,12-14H2,1-2H3,(H,27,28)/b5-4+,16-6+,17-7+. The normalized spacial score (nSPS) is 15.2. The molecule has 0 atom stereocenters. The number of hydrogen-bond acceptors (Lipinski definition) is 4. The summed E-state index contributed by atoms with van der Waals surface area (Å²) >= 11 is 0. The van der Waals surface area contributed by atoms with Gasteiger partial charge in [-0.15, -0.1) is 0 Å². The highest BCUT2D eigenvalue weighted by atomic mass is 16.4. The molecular weight excluding hydrogens is 358 g/mol. The van der Waals surface area contributed by atoms with Gasteiger partial charge in [0.25, 0.3) is 5.56 Å². The fraction of sp³-hybridized carbons (Fsp3) is 0.286. The second-order valence-corrected chi connectivity index (χ2v) is 6.47. The summed E-state index contributed by atoms with van der Waals surface area (Å²) in [6.45, 7) is 4.96. The summed E-state index contributed by atoms with van der Waals surface area (Å²) in [7, 11) is 0. The molecule has 1 aliphatic rings. The summed E-state index contributed by atoms with van der Waals surface area (Å²) in [6, 6.07) is 2.56. The predicted molar refractivity (Wildman–Crippen MR) is 108 cm³/mol. The minimum atomic E-state index is -1.08. The molecular formula is C21H25N3O4. The van der Waals surface area contributed by atoms with Crippen LogP contribution >= 0.6 is 0 Å². The first kappa shape index (κ1) is 21.0. The van der Waals surface area contributed by atoms with Gasteiger partial charge in [0, 0.05) is 31.2 Å². The van der Waals surface area contributed by atoms with E-state index in [-0.39, 0.29) is 30.1 Å². The first-order valence-electron chi connectivity index (χ1n) is 9.07. The summed E-state index contributed by atoms with van der Waals surface area (Å²) in [5.74, 6) is -1.07. The number of amides is 1. The van der Waals surface area contributed by atoms with Crippen molar-refractivity contribution in [2.24, 2.45) is 0 Å². The van der Waals surface area contributed by atoms with Crippen molar-refractivity contribution in [3.63, 3.8) is 0 Å². The third-order valence-electron chi connectivity index (χ3n) is 4.10. The molecule has 2 N–H and O–H groups in total. The first-order chi connectivity index (χ1) is 13.4. The zero-order valence-corrected chi connectivity index (χ0v) is 16.1. The average Bonchev–Trinajstić information content (AvgIpc) is 2.67. The minimum absolute atomic E-state index is 0.00219. The van der Waals surface area contributed by atoms with Crippen LogP contribution in [0.3, 0.4) is 0 Å². The summed E-state index contributed by atoms with van der Waals surface area (Å²) in [6.07, 6.45) is 13.3. The molecule has 2 rings (SSSR count). The Bertz CT molecular complexity index is 906. The number of carboxylic acids is 1. The molecule has 7 nitrogen and oxygen atoms in total. The Labute approximate surface area is 164 Å². The molecule has 1 aromatic rings. The third-order valence-corrected chi connectivity index (χ3v) is 4.10. The van der Waals surface area contributed by atoms with Gasteiger partial charge in [-0.25, -0.2) is 4.79 Å². The number of carbonyl (C=O) groups excluding carboxylic acids is 1. The molecule has 0 saturated carbocycles. The molecule has 1 aromatic heterocycles. The Kier molecular flexibility index (Phi) is 7.56. The van der Waals surface area contributed by atoms with Gasteiger partial charge >= 0.3 is 5.97 Å². The molecule has 1 aliphatic heterocycles. The Hall–Kier alpha value is -3.35. The number of nitrogens with one attached hydrogen (secondary N) is 1. The van der Waals surface area contributed by atoms with Crippen LogP contribution in [0.25, 0.3) is 0 Å². The highest BCUT2D eigenvalue weighted by Gasteiger charge is 2.13. The van der Waals surface area contributed by atoms with Gasteiger partial charge in [0.1, 0.15) is 0 Å². The molecule has 2 heterocycles. The number of hydrogen-bond donors (Lipinski definition) is 2. The average molecular weight is 383 g/mol. The molecule has 0 spiro atoms. The molecule has 0 fully saturated rings. The van der Waals surface area contributed by atoms with Crippen molar-refractivity contribution >= 4 is 11.9 Å². The van der Waals surface area contributed by atoms with Gasteiger partial charge in [0.2, 0.25) is 5.91 Å². The van der Waals surface area contributed by atoms with Crippen molar-refractivity contribution in [2.45, 2.75) is 26.8 Å². The lowest BCUT2D eigenvalue weighted by Crippen LogP contribution is -2.38. The van der Waals surface area contributed by atoms with Crippen LogP contribution in [0.4, 0.5) is 0 Å². The fourth-order valence-corrected chi connectivity index (χ4v) is 2.59. The van der Waals surface area contributed by atoms with Crippen molar-refractivity contribution in [3.05, 3.63) is 82.1 Å². The van der Waals surface area contributed by atoms with Crippen LogP contribution in [0.2, 0.25) is 0 Å². The third kappa shape index (κ3) is 6.12. The lowest BCUT2D eigenvalue weighted by molar-refractivity contribution is -0.127. The topological polar surface area (TPSA) is 91.6 Å². The largest absolute Gasteiger partial charge is 0.478 e. The Morgan fingerprint density at radius 2 is 2.04 bits per heavy atom. The van der Waals surface area contributed by atoms with Gasteiger partial charge in [-0.05, 0) is 25.0 Å². The number of aromatic carboxylic acids is 1. The number of carboxylic acid groups (broad SMARTS) is 1. The number of rotatable bonds is 8. The number of carbonyl (C=O) groups is 2. The summed E-state index contributed by atoms with van der Waals surface area (Å²) < 4.78 is 1.38. The second kappa shape index (κ2) is 10.1. The van der Waals surface area contributed by atoms with Crippen LogP contribution in [0.15, 0.2) is 71.0 Å². The second-order valence-electron chi connectivity index (χ2n) is 6.47. The maximum absolute atomic E-state index is 12.1. The predicted octanol–water partition coefficient (Wildman–Crippen LogP) is 2.29. The van der Waals surface area contributed by atoms with E-state index in [2.05, 4.69) is 5.32 Å². The summed E-state index contributed by atoms with van der Waals surface area (Å²) in [5.41, 5.74) is 1.63. The molecule has 0 radical (unpaired) electrons. The molecule has 0 bridgehead atoms. The van der Waals surface area contributed by atoms with Crippen molar-refractivity contribution < 1.29 is 14.7 Å². The van der Waals surface area contributed by atoms with Crippen LogP contribution in [0.1, 0.15) is 30.6 Å². The van der Waals surface area contributed by atoms with E-state index in [9.17, 15) is 14.4 Å². The Morgan fingerprint density at radius 3 is 2.71 bits per heavy atom. The molecule has 0 saturated heterocycles. The molecule has 0 aromatic carbocycles. The van der Waals surface area contributed by atoms with Crippen molar-refractivity contribution in [1.29, 1.82) is 0 Å². The van der Waals surface area contributed by atoms with Crippen LogP contribution in [0.5, 0.6) is 0 Å². The smallest absolute Gasteiger partial charge is 0.337 e. The Morgan fingerprint density at radius 1 is 1.25 bits per heavy atom. The Balaban J connectivity index is 2.22. The van der Waals surface area contributed by atoms with Crippen LogP contribution in [-0.2, 0) is 11.3 Å². The molecule has 0 aliphatic carbocycles. The van der Waals surface area contributed by atoms with Crippen molar-refractivity contribution in [1.82, 2.24) is 14.8 Å².